The Morgan fingerprint density at radius 3 is 2.78 bits per heavy atom. The second-order valence-electron chi connectivity index (χ2n) is 5.12. The molecule has 3 rings (SSSR count). The third kappa shape index (κ3) is 2.22. The van der Waals surface area contributed by atoms with Crippen LogP contribution in [0.2, 0.25) is 0 Å². The lowest BCUT2D eigenvalue weighted by atomic mass is 10.0. The van der Waals surface area contributed by atoms with Gasteiger partial charge in [-0.3, -0.25) is 0 Å². The highest BCUT2D eigenvalue weighted by Crippen LogP contribution is 2.31. The van der Waals surface area contributed by atoms with Gasteiger partial charge in [-0.05, 0) is 23.6 Å². The molecule has 0 aliphatic carbocycles. The average Bonchev–Trinajstić information content (AvgIpc) is 2.82. The molecule has 0 saturated carbocycles. The quantitative estimate of drug-likeness (QED) is 0.901. The predicted octanol–water partition coefficient (Wildman–Crippen LogP) is 2.83. The fourth-order valence-corrected chi connectivity index (χ4v) is 3.35. The molecule has 0 amide bonds. The molecule has 0 unspecified atom stereocenters. The maximum absolute atomic E-state index is 4.75. The first-order chi connectivity index (χ1) is 8.74. The molecule has 1 aromatic carbocycles. The highest BCUT2D eigenvalue weighted by molar-refractivity contribution is 7.22. The van der Waals surface area contributed by atoms with E-state index in [9.17, 15) is 0 Å². The van der Waals surface area contributed by atoms with Gasteiger partial charge < -0.3 is 10.2 Å². The van der Waals surface area contributed by atoms with Crippen molar-refractivity contribution in [1.82, 2.24) is 10.3 Å². The zero-order valence-electron chi connectivity index (χ0n) is 10.9. The van der Waals surface area contributed by atoms with Gasteiger partial charge in [0.05, 0.1) is 10.2 Å². The molecule has 3 nitrogen and oxygen atoms in total. The van der Waals surface area contributed by atoms with Gasteiger partial charge >= 0.3 is 0 Å². The molecule has 0 atom stereocenters. The van der Waals surface area contributed by atoms with Gasteiger partial charge in [-0.2, -0.15) is 0 Å². The first-order valence-corrected chi connectivity index (χ1v) is 7.42. The molecule has 1 saturated heterocycles. The van der Waals surface area contributed by atoms with Gasteiger partial charge in [-0.15, -0.1) is 0 Å². The summed E-state index contributed by atoms with van der Waals surface area (Å²) < 4.78 is 1.31. The van der Waals surface area contributed by atoms with E-state index >= 15 is 0 Å². The number of anilines is 1. The molecule has 1 fully saturated rings. The van der Waals surface area contributed by atoms with Crippen molar-refractivity contribution in [2.75, 3.05) is 31.1 Å². The van der Waals surface area contributed by atoms with Crippen LogP contribution in [0.1, 0.15) is 25.3 Å². The first-order valence-electron chi connectivity index (χ1n) is 6.60. The molecular formula is C14H19N3S. The number of aromatic nitrogens is 1. The molecule has 1 aromatic heterocycles. The molecule has 1 aliphatic rings. The summed E-state index contributed by atoms with van der Waals surface area (Å²) in [5.74, 6) is 0.583. The van der Waals surface area contributed by atoms with Crippen LogP contribution in [0, 0.1) is 0 Å². The van der Waals surface area contributed by atoms with Crippen LogP contribution in [0.3, 0.4) is 0 Å². The monoisotopic (exact) mass is 261 g/mol. The number of nitrogens with zero attached hydrogens (tertiary/aromatic N) is 2. The Balaban J connectivity index is 1.94. The number of rotatable bonds is 2. The van der Waals surface area contributed by atoms with Crippen molar-refractivity contribution in [2.24, 2.45) is 0 Å². The lowest BCUT2D eigenvalue weighted by molar-refractivity contribution is 0.588. The van der Waals surface area contributed by atoms with Gasteiger partial charge in [-0.25, -0.2) is 4.98 Å². The number of benzene rings is 1. The number of hydrogen-bond acceptors (Lipinski definition) is 4. The van der Waals surface area contributed by atoms with Gasteiger partial charge in [0.25, 0.3) is 0 Å². The minimum Gasteiger partial charge on any atom is -0.346 e. The smallest absolute Gasteiger partial charge is 0.186 e. The Bertz CT molecular complexity index is 541. The van der Waals surface area contributed by atoms with E-state index in [1.165, 1.54) is 15.4 Å². The molecule has 96 valence electrons. The van der Waals surface area contributed by atoms with E-state index in [0.29, 0.717) is 5.92 Å². The van der Waals surface area contributed by atoms with Gasteiger partial charge in [-0.1, -0.05) is 31.3 Å². The summed E-state index contributed by atoms with van der Waals surface area (Å²) in [4.78, 5) is 7.14. The molecule has 0 bridgehead atoms. The van der Waals surface area contributed by atoms with Crippen molar-refractivity contribution in [1.29, 1.82) is 0 Å². The van der Waals surface area contributed by atoms with Crippen molar-refractivity contribution in [3.8, 4) is 0 Å². The summed E-state index contributed by atoms with van der Waals surface area (Å²) in [6, 6.07) is 6.66. The van der Waals surface area contributed by atoms with Gasteiger partial charge in [0.15, 0.2) is 5.13 Å². The normalized spacial score (nSPS) is 16.7. The van der Waals surface area contributed by atoms with Crippen LogP contribution in [-0.2, 0) is 0 Å². The van der Waals surface area contributed by atoms with Crippen LogP contribution >= 0.6 is 11.3 Å². The minimum absolute atomic E-state index is 0.583. The van der Waals surface area contributed by atoms with E-state index in [4.69, 9.17) is 4.98 Å². The Morgan fingerprint density at radius 1 is 1.28 bits per heavy atom. The molecule has 0 radical (unpaired) electrons. The number of hydrogen-bond donors (Lipinski definition) is 1. The van der Waals surface area contributed by atoms with Gasteiger partial charge in [0.1, 0.15) is 0 Å². The summed E-state index contributed by atoms with van der Waals surface area (Å²) in [5, 5.41) is 4.55. The lowest BCUT2D eigenvalue weighted by Crippen LogP contribution is -2.43. The molecule has 18 heavy (non-hydrogen) atoms. The Labute approximate surface area is 112 Å². The third-order valence-electron chi connectivity index (χ3n) is 3.46. The zero-order valence-corrected chi connectivity index (χ0v) is 11.8. The van der Waals surface area contributed by atoms with Gasteiger partial charge in [0.2, 0.25) is 0 Å². The molecular weight excluding hydrogens is 242 g/mol. The molecule has 2 aromatic rings. The zero-order chi connectivity index (χ0) is 12.5. The fourth-order valence-electron chi connectivity index (χ4n) is 2.28. The van der Waals surface area contributed by atoms with Crippen LogP contribution in [0.5, 0.6) is 0 Å². The standard InChI is InChI=1S/C14H19N3S/c1-10(2)11-3-4-12-13(9-11)18-14(16-12)17-7-5-15-6-8-17/h3-4,9-10,15H,5-8H2,1-2H3. The van der Waals surface area contributed by atoms with Crippen LogP contribution in [0.25, 0.3) is 10.2 Å². The van der Waals surface area contributed by atoms with E-state index in [1.54, 1.807) is 0 Å². The highest BCUT2D eigenvalue weighted by Gasteiger charge is 2.15. The van der Waals surface area contributed by atoms with Crippen LogP contribution < -0.4 is 10.2 Å². The van der Waals surface area contributed by atoms with Crippen LogP contribution in [0.15, 0.2) is 18.2 Å². The number of fused-ring (bicyclic) bond motifs is 1. The van der Waals surface area contributed by atoms with E-state index in [2.05, 4.69) is 42.3 Å². The summed E-state index contributed by atoms with van der Waals surface area (Å²) in [6.07, 6.45) is 0. The maximum atomic E-state index is 4.75. The first kappa shape index (κ1) is 11.9. The van der Waals surface area contributed by atoms with E-state index in [-0.39, 0.29) is 0 Å². The van der Waals surface area contributed by atoms with Crippen molar-refractivity contribution in [3.63, 3.8) is 0 Å². The second-order valence-corrected chi connectivity index (χ2v) is 6.12. The van der Waals surface area contributed by atoms with Crippen molar-refractivity contribution >= 4 is 26.7 Å². The Morgan fingerprint density at radius 2 is 2.06 bits per heavy atom. The topological polar surface area (TPSA) is 28.2 Å². The molecule has 1 N–H and O–H groups in total. The molecule has 0 spiro atoms. The van der Waals surface area contributed by atoms with Crippen molar-refractivity contribution in [2.45, 2.75) is 19.8 Å². The summed E-state index contributed by atoms with van der Waals surface area (Å²) in [6.45, 7) is 8.73. The number of piperazine rings is 1. The van der Waals surface area contributed by atoms with E-state index in [0.717, 1.165) is 31.7 Å². The number of nitrogens with one attached hydrogen (secondary N) is 1. The van der Waals surface area contributed by atoms with Crippen LogP contribution in [-0.4, -0.2) is 31.2 Å². The maximum Gasteiger partial charge on any atom is 0.186 e. The molecule has 2 heterocycles. The largest absolute Gasteiger partial charge is 0.346 e. The SMILES string of the molecule is CC(C)c1ccc2nc(N3CCNCC3)sc2c1. The molecule has 1 aliphatic heterocycles. The second kappa shape index (κ2) is 4.86. The average molecular weight is 261 g/mol. The van der Waals surface area contributed by atoms with Crippen LogP contribution in [0.4, 0.5) is 5.13 Å². The predicted molar refractivity (Wildman–Crippen MR) is 78.8 cm³/mol. The fraction of sp³-hybridized carbons (Fsp3) is 0.500. The third-order valence-corrected chi connectivity index (χ3v) is 4.53. The Kier molecular flexibility index (Phi) is 3.22. The number of thiazole rings is 1. The Hall–Kier alpha value is -1.13. The van der Waals surface area contributed by atoms with Crippen molar-refractivity contribution in [3.05, 3.63) is 23.8 Å². The summed E-state index contributed by atoms with van der Waals surface area (Å²) >= 11 is 1.82. The summed E-state index contributed by atoms with van der Waals surface area (Å²) in [5.41, 5.74) is 2.54. The van der Waals surface area contributed by atoms with E-state index in [1.807, 2.05) is 11.3 Å². The molecule has 4 heteroatoms. The van der Waals surface area contributed by atoms with Crippen molar-refractivity contribution < 1.29 is 0 Å². The van der Waals surface area contributed by atoms with Gasteiger partial charge in [0, 0.05) is 26.2 Å². The highest BCUT2D eigenvalue weighted by atomic mass is 32.1. The minimum atomic E-state index is 0.583. The van der Waals surface area contributed by atoms with E-state index < -0.39 is 0 Å². The lowest BCUT2D eigenvalue weighted by Gasteiger charge is -2.26. The summed E-state index contributed by atoms with van der Waals surface area (Å²) in [7, 11) is 0.